The number of aromatic nitrogens is 2. The van der Waals surface area contributed by atoms with Crippen LogP contribution in [0.15, 0.2) is 30.5 Å². The van der Waals surface area contributed by atoms with Crippen LogP contribution in [0.5, 0.6) is 0 Å². The lowest BCUT2D eigenvalue weighted by Crippen LogP contribution is -2.42. The number of fused-ring (bicyclic) bond motifs is 3. The van der Waals surface area contributed by atoms with Crippen LogP contribution < -0.4 is 5.73 Å². The molecule has 2 aliphatic heterocycles. The maximum atomic E-state index is 15.1. The number of nitrogen functional groups attached to an aromatic ring is 1. The van der Waals surface area contributed by atoms with Gasteiger partial charge < -0.3 is 20.3 Å². The molecule has 0 aliphatic carbocycles. The monoisotopic (exact) mass is 410 g/mol. The van der Waals surface area contributed by atoms with Crippen LogP contribution in [0.2, 0.25) is 0 Å². The highest BCUT2D eigenvalue weighted by Crippen LogP contribution is 2.37. The number of morpholine rings is 1. The molecule has 1 fully saturated rings. The van der Waals surface area contributed by atoms with E-state index in [1.807, 2.05) is 24.0 Å². The summed E-state index contributed by atoms with van der Waals surface area (Å²) >= 11 is 0. The first-order valence-corrected chi connectivity index (χ1v) is 9.95. The molecule has 2 atom stereocenters. The number of hydrogen-bond acceptors (Lipinski definition) is 7. The molecule has 3 N–H and O–H groups in total. The summed E-state index contributed by atoms with van der Waals surface area (Å²) in [6.45, 7) is 4.07. The molecule has 0 bridgehead atoms. The van der Waals surface area contributed by atoms with Crippen molar-refractivity contribution in [3.05, 3.63) is 64.2 Å². The fraction of sp³-hybridized carbons (Fsp3) is 0.364. The molecule has 5 rings (SSSR count). The number of nitrogens with zero attached hydrogens (tertiary/aromatic N) is 3. The van der Waals surface area contributed by atoms with Gasteiger partial charge in [0, 0.05) is 41.0 Å². The van der Waals surface area contributed by atoms with E-state index in [0.29, 0.717) is 44.3 Å². The summed E-state index contributed by atoms with van der Waals surface area (Å²) in [6.07, 6.45) is 0.604. The van der Waals surface area contributed by atoms with Crippen LogP contribution in [-0.2, 0) is 22.7 Å². The lowest BCUT2D eigenvalue weighted by atomic mass is 9.99. The number of nitrogens with two attached hydrogens (primary N) is 1. The molecule has 0 saturated carbocycles. The number of benzene rings is 1. The van der Waals surface area contributed by atoms with Gasteiger partial charge in [0.15, 0.2) is 0 Å². The van der Waals surface area contributed by atoms with Gasteiger partial charge in [-0.05, 0) is 36.2 Å². The van der Waals surface area contributed by atoms with E-state index >= 15 is 4.39 Å². The summed E-state index contributed by atoms with van der Waals surface area (Å²) < 4.78 is 26.2. The Bertz CT molecular complexity index is 1120. The van der Waals surface area contributed by atoms with Crippen molar-refractivity contribution < 1.29 is 19.0 Å². The Morgan fingerprint density at radius 3 is 2.90 bits per heavy atom. The third-order valence-corrected chi connectivity index (χ3v) is 5.91. The lowest BCUT2D eigenvalue weighted by molar-refractivity contribution is -0.0992. The largest absolute Gasteiger partial charge is 0.383 e. The predicted molar refractivity (Wildman–Crippen MR) is 109 cm³/mol. The summed E-state index contributed by atoms with van der Waals surface area (Å²) in [4.78, 5) is 10.4. The van der Waals surface area contributed by atoms with Crippen LogP contribution in [0, 0.1) is 12.7 Å². The molecule has 7 nitrogen and oxygen atoms in total. The number of rotatable bonds is 3. The van der Waals surface area contributed by atoms with Gasteiger partial charge in [0.2, 0.25) is 0 Å². The zero-order chi connectivity index (χ0) is 20.8. The van der Waals surface area contributed by atoms with Gasteiger partial charge in [-0.15, -0.1) is 0 Å². The van der Waals surface area contributed by atoms with Crippen LogP contribution in [0.4, 0.5) is 10.2 Å². The van der Waals surface area contributed by atoms with Gasteiger partial charge in [0.25, 0.3) is 0 Å². The van der Waals surface area contributed by atoms with Gasteiger partial charge in [-0.3, -0.25) is 9.88 Å². The zero-order valence-corrected chi connectivity index (χ0v) is 16.6. The Morgan fingerprint density at radius 1 is 1.23 bits per heavy atom. The van der Waals surface area contributed by atoms with Gasteiger partial charge >= 0.3 is 0 Å². The Labute approximate surface area is 173 Å². The van der Waals surface area contributed by atoms with E-state index in [2.05, 4.69) is 9.97 Å². The first-order chi connectivity index (χ1) is 14.5. The molecular formula is C22H23FN4O3. The minimum Gasteiger partial charge on any atom is -0.383 e. The van der Waals surface area contributed by atoms with E-state index < -0.39 is 12.0 Å². The molecule has 0 radical (unpaired) electrons. The van der Waals surface area contributed by atoms with E-state index in [0.717, 1.165) is 27.8 Å². The molecule has 1 aromatic carbocycles. The van der Waals surface area contributed by atoms with E-state index in [1.54, 1.807) is 12.3 Å². The number of aliphatic hydroxyl groups is 1. The van der Waals surface area contributed by atoms with Crippen LogP contribution in [0.1, 0.15) is 40.2 Å². The Hall–Kier alpha value is -2.65. The van der Waals surface area contributed by atoms with Gasteiger partial charge in [-0.1, -0.05) is 0 Å². The molecule has 2 aliphatic rings. The number of ether oxygens (including phenoxy) is 2. The maximum Gasteiger partial charge on any atom is 0.137 e. The number of pyridine rings is 2. The number of aryl methyl sites for hydroxylation is 1. The molecule has 156 valence electrons. The second-order valence-corrected chi connectivity index (χ2v) is 7.77. The van der Waals surface area contributed by atoms with Gasteiger partial charge in [-0.25, -0.2) is 9.37 Å². The van der Waals surface area contributed by atoms with Crippen molar-refractivity contribution in [2.75, 3.05) is 25.5 Å². The van der Waals surface area contributed by atoms with Crippen molar-refractivity contribution in [1.82, 2.24) is 14.9 Å². The smallest absolute Gasteiger partial charge is 0.137 e. The maximum absolute atomic E-state index is 15.1. The highest BCUT2D eigenvalue weighted by molar-refractivity contribution is 5.86. The summed E-state index contributed by atoms with van der Waals surface area (Å²) in [5, 5.41) is 12.0. The normalized spacial score (nSPS) is 20.4. The van der Waals surface area contributed by atoms with E-state index in [4.69, 9.17) is 15.2 Å². The van der Waals surface area contributed by atoms with E-state index in [9.17, 15) is 5.11 Å². The molecule has 1 saturated heterocycles. The molecule has 2 aromatic heterocycles. The van der Waals surface area contributed by atoms with E-state index in [1.165, 1.54) is 6.07 Å². The van der Waals surface area contributed by atoms with Crippen LogP contribution in [0.3, 0.4) is 0 Å². The molecule has 30 heavy (non-hydrogen) atoms. The minimum absolute atomic E-state index is 0.205. The van der Waals surface area contributed by atoms with Crippen molar-refractivity contribution in [3.63, 3.8) is 0 Å². The highest BCUT2D eigenvalue weighted by Gasteiger charge is 2.32. The average Bonchev–Trinajstić information content (AvgIpc) is 3.24. The first kappa shape index (κ1) is 19.3. The number of aliphatic hydroxyl groups excluding tert-OH is 1. The number of hydrogen-bond donors (Lipinski definition) is 2. The number of halogens is 1. The molecule has 0 amide bonds. The van der Waals surface area contributed by atoms with Crippen molar-refractivity contribution in [2.45, 2.75) is 32.4 Å². The van der Waals surface area contributed by atoms with Crippen molar-refractivity contribution in [2.24, 2.45) is 0 Å². The lowest BCUT2D eigenvalue weighted by Gasteiger charge is -2.39. The quantitative estimate of drug-likeness (QED) is 0.686. The third kappa shape index (κ3) is 3.22. The summed E-state index contributed by atoms with van der Waals surface area (Å²) in [5.41, 5.74) is 10.3. The minimum atomic E-state index is -1.13. The van der Waals surface area contributed by atoms with Gasteiger partial charge in [0.1, 0.15) is 17.9 Å². The average molecular weight is 410 g/mol. The highest BCUT2D eigenvalue weighted by atomic mass is 19.1. The molecule has 3 aromatic rings. The zero-order valence-electron chi connectivity index (χ0n) is 16.6. The van der Waals surface area contributed by atoms with Crippen molar-refractivity contribution >= 4 is 16.7 Å². The van der Waals surface area contributed by atoms with Crippen LogP contribution in [-0.4, -0.2) is 39.7 Å². The first-order valence-electron chi connectivity index (χ1n) is 9.95. The summed E-state index contributed by atoms with van der Waals surface area (Å²) in [6, 6.07) is 6.69. The topological polar surface area (TPSA) is 93.7 Å². The van der Waals surface area contributed by atoms with Gasteiger partial charge in [-0.2, -0.15) is 0 Å². The Kier molecular flexibility index (Phi) is 4.86. The van der Waals surface area contributed by atoms with E-state index in [-0.39, 0.29) is 11.6 Å². The van der Waals surface area contributed by atoms with Crippen LogP contribution in [0.25, 0.3) is 10.9 Å². The Balaban J connectivity index is 1.57. The van der Waals surface area contributed by atoms with Crippen molar-refractivity contribution in [3.8, 4) is 0 Å². The summed E-state index contributed by atoms with van der Waals surface area (Å²) in [7, 11) is 0. The third-order valence-electron chi connectivity index (χ3n) is 5.91. The Morgan fingerprint density at radius 2 is 2.07 bits per heavy atom. The summed E-state index contributed by atoms with van der Waals surface area (Å²) in [5.74, 6) is -0.152. The molecule has 2 unspecified atom stereocenters. The molecule has 0 spiro atoms. The fourth-order valence-corrected chi connectivity index (χ4v) is 4.36. The second-order valence-electron chi connectivity index (χ2n) is 7.77. The molecule has 8 heteroatoms. The molecule has 4 heterocycles. The number of anilines is 1. The predicted octanol–water partition coefficient (Wildman–Crippen LogP) is 2.75. The second kappa shape index (κ2) is 7.55. The standard InChI is InChI=1S/C22H23FN4O3/c1-12-6-13(2-3-25-12)20-11-29-5-4-27(20)22(28)15-7-14-16-9-30-10-17(16)21(24)26-19(14)8-18(15)23/h2-3,6-8,20,22,28H,4-5,9-11H2,1H3,(H2,24,26). The fourth-order valence-electron chi connectivity index (χ4n) is 4.36. The van der Waals surface area contributed by atoms with Crippen molar-refractivity contribution in [1.29, 1.82) is 0 Å². The SMILES string of the molecule is Cc1cc(C2COCCN2C(O)c2cc3c4c(c(N)nc3cc2F)COC4)ccn1. The van der Waals surface area contributed by atoms with Gasteiger partial charge in [0.05, 0.1) is 38.0 Å². The van der Waals surface area contributed by atoms with Crippen LogP contribution >= 0.6 is 0 Å². The molecular weight excluding hydrogens is 387 g/mol.